The molecule has 0 saturated heterocycles. The van der Waals surface area contributed by atoms with Gasteiger partial charge in [-0.05, 0) is 30.0 Å². The Labute approximate surface area is 139 Å². The number of hydrogen-bond acceptors (Lipinski definition) is 3. The van der Waals surface area contributed by atoms with Crippen LogP contribution < -0.4 is 4.90 Å². The molecule has 0 fully saturated rings. The summed E-state index contributed by atoms with van der Waals surface area (Å²) in [6.45, 7) is 9.01. The van der Waals surface area contributed by atoms with Crippen molar-refractivity contribution in [3.05, 3.63) is 41.5 Å². The summed E-state index contributed by atoms with van der Waals surface area (Å²) in [6.07, 6.45) is -4.48. The van der Waals surface area contributed by atoms with Crippen LogP contribution >= 0.6 is 0 Å². The molecule has 0 saturated carbocycles. The van der Waals surface area contributed by atoms with Gasteiger partial charge in [0, 0.05) is 12.2 Å². The van der Waals surface area contributed by atoms with E-state index in [2.05, 4.69) is 43.1 Å². The molecule has 1 aliphatic rings. The average molecular weight is 338 g/mol. The summed E-state index contributed by atoms with van der Waals surface area (Å²) in [7, 11) is 0. The lowest BCUT2D eigenvalue weighted by Crippen LogP contribution is -2.38. The fourth-order valence-electron chi connectivity index (χ4n) is 3.09. The van der Waals surface area contributed by atoms with Crippen molar-refractivity contribution in [2.75, 3.05) is 11.4 Å². The van der Waals surface area contributed by atoms with Gasteiger partial charge >= 0.3 is 6.18 Å². The van der Waals surface area contributed by atoms with Crippen molar-refractivity contribution in [3.8, 4) is 0 Å². The van der Waals surface area contributed by atoms with Crippen molar-refractivity contribution in [1.82, 2.24) is 14.8 Å². The van der Waals surface area contributed by atoms with Crippen LogP contribution in [0.15, 0.2) is 24.3 Å². The van der Waals surface area contributed by atoms with Crippen molar-refractivity contribution in [2.45, 2.75) is 51.9 Å². The summed E-state index contributed by atoms with van der Waals surface area (Å²) in [5, 5.41) is 7.11. The summed E-state index contributed by atoms with van der Waals surface area (Å²) >= 11 is 0. The van der Waals surface area contributed by atoms with E-state index in [4.69, 9.17) is 0 Å². The molecule has 2 aromatic rings. The summed E-state index contributed by atoms with van der Waals surface area (Å²) in [5.41, 5.74) is 2.27. The number of anilines is 1. The lowest BCUT2D eigenvalue weighted by molar-refractivity contribution is -0.148. The van der Waals surface area contributed by atoms with Crippen LogP contribution in [-0.2, 0) is 18.1 Å². The molecule has 3 rings (SSSR count). The van der Waals surface area contributed by atoms with Crippen molar-refractivity contribution in [1.29, 1.82) is 0 Å². The van der Waals surface area contributed by atoms with E-state index in [1.165, 1.54) is 10.1 Å². The molecule has 7 heteroatoms. The van der Waals surface area contributed by atoms with Crippen LogP contribution in [0.3, 0.4) is 0 Å². The predicted molar refractivity (Wildman–Crippen MR) is 85.9 cm³/mol. The first-order chi connectivity index (χ1) is 11.1. The molecule has 0 radical (unpaired) electrons. The second-order valence-corrected chi connectivity index (χ2v) is 7.33. The standard InChI is InChI=1S/C17H21F3N4/c1-11-9-23(13-7-5-12(6-8-13)16(2,3)4)10-14-21-22-15(24(11)14)17(18,19)20/h5-8,11H,9-10H2,1-4H3. The van der Waals surface area contributed by atoms with Gasteiger partial charge < -0.3 is 9.47 Å². The van der Waals surface area contributed by atoms with Crippen LogP contribution in [0, 0.1) is 0 Å². The van der Waals surface area contributed by atoms with Gasteiger partial charge in [-0.2, -0.15) is 13.2 Å². The van der Waals surface area contributed by atoms with E-state index >= 15 is 0 Å². The Kier molecular flexibility index (Phi) is 3.85. The van der Waals surface area contributed by atoms with Crippen molar-refractivity contribution in [3.63, 3.8) is 0 Å². The third-order valence-electron chi connectivity index (χ3n) is 4.38. The quantitative estimate of drug-likeness (QED) is 0.782. The van der Waals surface area contributed by atoms with Gasteiger partial charge in [-0.25, -0.2) is 0 Å². The zero-order chi connectivity index (χ0) is 17.7. The van der Waals surface area contributed by atoms with Crippen LogP contribution in [0.2, 0.25) is 0 Å². The Balaban J connectivity index is 1.88. The van der Waals surface area contributed by atoms with E-state index in [0.29, 0.717) is 18.9 Å². The second-order valence-electron chi connectivity index (χ2n) is 7.33. The van der Waals surface area contributed by atoms with Gasteiger partial charge in [0.15, 0.2) is 5.82 Å². The average Bonchev–Trinajstić information content (AvgIpc) is 2.91. The van der Waals surface area contributed by atoms with E-state index < -0.39 is 12.0 Å². The lowest BCUT2D eigenvalue weighted by atomic mass is 9.87. The Hall–Kier alpha value is -2.05. The number of rotatable bonds is 1. The maximum Gasteiger partial charge on any atom is 0.451 e. The van der Waals surface area contributed by atoms with Gasteiger partial charge in [0.1, 0.15) is 0 Å². The molecule has 1 aromatic carbocycles. The zero-order valence-electron chi connectivity index (χ0n) is 14.2. The van der Waals surface area contributed by atoms with Crippen LogP contribution in [0.1, 0.15) is 50.9 Å². The highest BCUT2D eigenvalue weighted by Crippen LogP contribution is 2.34. The van der Waals surface area contributed by atoms with Crippen LogP contribution in [0.4, 0.5) is 18.9 Å². The molecule has 1 aromatic heterocycles. The van der Waals surface area contributed by atoms with Gasteiger partial charge in [0.25, 0.3) is 0 Å². The fraction of sp³-hybridized carbons (Fsp3) is 0.529. The van der Waals surface area contributed by atoms with E-state index in [-0.39, 0.29) is 11.5 Å². The smallest absolute Gasteiger partial charge is 0.362 e. The monoisotopic (exact) mass is 338 g/mol. The first kappa shape index (κ1) is 16.8. The van der Waals surface area contributed by atoms with Gasteiger partial charge in [0.2, 0.25) is 5.82 Å². The molecule has 4 nitrogen and oxygen atoms in total. The van der Waals surface area contributed by atoms with Crippen molar-refractivity contribution >= 4 is 5.69 Å². The minimum Gasteiger partial charge on any atom is -0.362 e. The molecule has 0 spiro atoms. The second kappa shape index (κ2) is 5.50. The predicted octanol–water partition coefficient (Wildman–Crippen LogP) is 4.18. The first-order valence-electron chi connectivity index (χ1n) is 7.94. The van der Waals surface area contributed by atoms with E-state index in [1.54, 1.807) is 6.92 Å². The fourth-order valence-corrected chi connectivity index (χ4v) is 3.09. The molecular weight excluding hydrogens is 317 g/mol. The SMILES string of the molecule is CC1CN(c2ccc(C(C)(C)C)cc2)Cc2nnc(C(F)(F)F)n21. The van der Waals surface area contributed by atoms with E-state index in [0.717, 1.165) is 5.69 Å². The number of hydrogen-bond donors (Lipinski definition) is 0. The highest BCUT2D eigenvalue weighted by atomic mass is 19.4. The van der Waals surface area contributed by atoms with E-state index in [1.807, 2.05) is 17.0 Å². The van der Waals surface area contributed by atoms with Crippen LogP contribution in [0.25, 0.3) is 0 Å². The van der Waals surface area contributed by atoms with Gasteiger partial charge in [-0.15, -0.1) is 10.2 Å². The first-order valence-corrected chi connectivity index (χ1v) is 7.94. The highest BCUT2D eigenvalue weighted by molar-refractivity contribution is 5.49. The Morgan fingerprint density at radius 1 is 1.04 bits per heavy atom. The van der Waals surface area contributed by atoms with Crippen molar-refractivity contribution < 1.29 is 13.2 Å². The molecule has 0 amide bonds. The van der Waals surface area contributed by atoms with Crippen LogP contribution in [-0.4, -0.2) is 21.3 Å². The highest BCUT2D eigenvalue weighted by Gasteiger charge is 2.41. The third-order valence-corrected chi connectivity index (χ3v) is 4.38. The van der Waals surface area contributed by atoms with Gasteiger partial charge in [-0.3, -0.25) is 0 Å². The number of fused-ring (bicyclic) bond motifs is 1. The maximum absolute atomic E-state index is 13.0. The third kappa shape index (κ3) is 2.99. The number of aromatic nitrogens is 3. The Morgan fingerprint density at radius 3 is 2.21 bits per heavy atom. The molecule has 24 heavy (non-hydrogen) atoms. The topological polar surface area (TPSA) is 34.0 Å². The summed E-state index contributed by atoms with van der Waals surface area (Å²) in [4.78, 5) is 2.04. The summed E-state index contributed by atoms with van der Waals surface area (Å²) in [6, 6.07) is 7.83. The number of nitrogens with zero attached hydrogens (tertiary/aromatic N) is 4. The summed E-state index contributed by atoms with van der Waals surface area (Å²) in [5.74, 6) is -0.561. The molecule has 130 valence electrons. The number of halogens is 3. The van der Waals surface area contributed by atoms with Gasteiger partial charge in [-0.1, -0.05) is 32.9 Å². The molecule has 0 bridgehead atoms. The minimum atomic E-state index is -4.48. The molecule has 0 N–H and O–H groups in total. The molecule has 2 heterocycles. The number of alkyl halides is 3. The molecular formula is C17H21F3N4. The van der Waals surface area contributed by atoms with Crippen LogP contribution in [0.5, 0.6) is 0 Å². The largest absolute Gasteiger partial charge is 0.451 e. The molecule has 1 atom stereocenters. The summed E-state index contributed by atoms with van der Waals surface area (Å²) < 4.78 is 40.3. The maximum atomic E-state index is 13.0. The molecule has 0 aliphatic carbocycles. The molecule has 1 aliphatic heterocycles. The lowest BCUT2D eigenvalue weighted by Gasteiger charge is -2.34. The van der Waals surface area contributed by atoms with E-state index in [9.17, 15) is 13.2 Å². The van der Waals surface area contributed by atoms with Crippen molar-refractivity contribution in [2.24, 2.45) is 0 Å². The molecule has 1 unspecified atom stereocenters. The number of benzene rings is 1. The normalized spacial score (nSPS) is 18.6. The Bertz CT molecular complexity index is 726. The zero-order valence-corrected chi connectivity index (χ0v) is 14.2. The Morgan fingerprint density at radius 2 is 1.67 bits per heavy atom. The minimum absolute atomic E-state index is 0.0650. The van der Waals surface area contributed by atoms with Gasteiger partial charge in [0.05, 0.1) is 12.6 Å².